The maximum absolute atomic E-state index is 13.0. The van der Waals surface area contributed by atoms with E-state index >= 15 is 0 Å². The van der Waals surface area contributed by atoms with E-state index in [1.165, 1.54) is 4.68 Å². The van der Waals surface area contributed by atoms with E-state index in [4.69, 9.17) is 11.6 Å². The number of aromatic nitrogens is 2. The van der Waals surface area contributed by atoms with Crippen LogP contribution in [-0.4, -0.2) is 21.2 Å². The molecular weight excluding hydrogens is 440 g/mol. The van der Waals surface area contributed by atoms with E-state index in [-0.39, 0.29) is 17.2 Å². The number of nitrogens with zero attached hydrogens (tertiary/aromatic N) is 2. The standard InChI is InChI=1S/C25H21ClN4O3/c1-16-22(25(33)30(29(16)2)21-12-4-3-5-13-21)28-24(32)18-9-7-11-20(15-18)27-23(31)17-8-6-10-19(26)14-17/h3-15H,1-2H3,(H,27,31)(H,28,32). The van der Waals surface area contributed by atoms with Gasteiger partial charge in [0.05, 0.1) is 11.4 Å². The third-order valence-corrected chi connectivity index (χ3v) is 5.50. The molecule has 0 saturated carbocycles. The molecule has 4 aromatic rings. The number of hydrogen-bond acceptors (Lipinski definition) is 3. The number of anilines is 2. The summed E-state index contributed by atoms with van der Waals surface area (Å²) >= 11 is 5.95. The van der Waals surface area contributed by atoms with Gasteiger partial charge >= 0.3 is 0 Å². The van der Waals surface area contributed by atoms with Gasteiger partial charge in [0.1, 0.15) is 5.69 Å². The molecule has 8 heteroatoms. The number of halogens is 1. The average Bonchev–Trinajstić information content (AvgIpc) is 3.02. The molecule has 0 bridgehead atoms. The summed E-state index contributed by atoms with van der Waals surface area (Å²) in [5.41, 5.74) is 2.31. The molecule has 0 spiro atoms. The van der Waals surface area contributed by atoms with E-state index < -0.39 is 5.91 Å². The molecule has 2 amide bonds. The summed E-state index contributed by atoms with van der Waals surface area (Å²) in [5, 5.41) is 5.93. The molecule has 0 fully saturated rings. The average molecular weight is 461 g/mol. The van der Waals surface area contributed by atoms with Crippen molar-refractivity contribution in [2.24, 2.45) is 7.05 Å². The van der Waals surface area contributed by atoms with Gasteiger partial charge in [-0.15, -0.1) is 0 Å². The van der Waals surface area contributed by atoms with Crippen molar-refractivity contribution in [3.05, 3.63) is 111 Å². The van der Waals surface area contributed by atoms with Crippen LogP contribution in [0.1, 0.15) is 26.4 Å². The minimum atomic E-state index is -0.458. The number of carbonyl (C=O) groups excluding carboxylic acids is 2. The molecule has 0 saturated heterocycles. The molecule has 2 N–H and O–H groups in total. The highest BCUT2D eigenvalue weighted by Crippen LogP contribution is 2.18. The number of benzene rings is 3. The van der Waals surface area contributed by atoms with E-state index in [0.29, 0.717) is 33.2 Å². The first-order valence-electron chi connectivity index (χ1n) is 10.2. The first kappa shape index (κ1) is 22.1. The number of amides is 2. The highest BCUT2D eigenvalue weighted by atomic mass is 35.5. The van der Waals surface area contributed by atoms with Crippen molar-refractivity contribution in [1.82, 2.24) is 9.36 Å². The molecule has 0 aliphatic carbocycles. The summed E-state index contributed by atoms with van der Waals surface area (Å²) in [5.74, 6) is -0.806. The lowest BCUT2D eigenvalue weighted by Gasteiger charge is -2.08. The fourth-order valence-electron chi connectivity index (χ4n) is 3.47. The van der Waals surface area contributed by atoms with Crippen LogP contribution in [0.5, 0.6) is 0 Å². The Labute approximate surface area is 195 Å². The second kappa shape index (κ2) is 9.18. The highest BCUT2D eigenvalue weighted by Gasteiger charge is 2.19. The molecule has 4 rings (SSSR count). The zero-order chi connectivity index (χ0) is 23.5. The fourth-order valence-corrected chi connectivity index (χ4v) is 3.66. The van der Waals surface area contributed by atoms with Crippen LogP contribution < -0.4 is 16.2 Å². The maximum Gasteiger partial charge on any atom is 0.295 e. The van der Waals surface area contributed by atoms with Crippen LogP contribution in [0.3, 0.4) is 0 Å². The Balaban J connectivity index is 1.57. The molecule has 0 atom stereocenters. The smallest absolute Gasteiger partial charge is 0.295 e. The lowest BCUT2D eigenvalue weighted by Crippen LogP contribution is -2.23. The highest BCUT2D eigenvalue weighted by molar-refractivity contribution is 6.31. The number of para-hydroxylation sites is 1. The van der Waals surface area contributed by atoms with Gasteiger partial charge < -0.3 is 10.6 Å². The molecule has 0 radical (unpaired) electrons. The van der Waals surface area contributed by atoms with E-state index in [0.717, 1.165) is 0 Å². The zero-order valence-electron chi connectivity index (χ0n) is 18.0. The van der Waals surface area contributed by atoms with Crippen LogP contribution in [0.25, 0.3) is 5.69 Å². The number of rotatable bonds is 5. The predicted octanol–water partition coefficient (Wildman–Crippen LogP) is 4.64. The molecule has 7 nitrogen and oxygen atoms in total. The topological polar surface area (TPSA) is 85.1 Å². The molecule has 1 aromatic heterocycles. The van der Waals surface area contributed by atoms with Gasteiger partial charge in [-0.05, 0) is 55.5 Å². The number of nitrogens with one attached hydrogen (secondary N) is 2. The van der Waals surface area contributed by atoms with Crippen LogP contribution in [0.2, 0.25) is 5.02 Å². The summed E-state index contributed by atoms with van der Waals surface area (Å²) < 4.78 is 3.18. The van der Waals surface area contributed by atoms with Gasteiger partial charge in [0.25, 0.3) is 17.4 Å². The summed E-state index contributed by atoms with van der Waals surface area (Å²) in [6.45, 7) is 1.76. The van der Waals surface area contributed by atoms with Crippen LogP contribution in [0, 0.1) is 6.92 Å². The van der Waals surface area contributed by atoms with Crippen LogP contribution in [0.4, 0.5) is 11.4 Å². The first-order chi connectivity index (χ1) is 15.8. The van der Waals surface area contributed by atoms with Gasteiger partial charge in [-0.2, -0.15) is 0 Å². The van der Waals surface area contributed by atoms with Crippen molar-refractivity contribution in [2.75, 3.05) is 10.6 Å². The van der Waals surface area contributed by atoms with Crippen molar-refractivity contribution >= 4 is 34.8 Å². The lowest BCUT2D eigenvalue weighted by molar-refractivity contribution is 0.101. The van der Waals surface area contributed by atoms with Crippen molar-refractivity contribution in [3.8, 4) is 5.69 Å². The van der Waals surface area contributed by atoms with E-state index in [1.807, 2.05) is 30.3 Å². The Bertz CT molecular complexity index is 1410. The van der Waals surface area contributed by atoms with Crippen molar-refractivity contribution < 1.29 is 9.59 Å². The molecular formula is C25H21ClN4O3. The Kier molecular flexibility index (Phi) is 6.15. The maximum atomic E-state index is 13.0. The van der Waals surface area contributed by atoms with Gasteiger partial charge in [-0.1, -0.05) is 41.9 Å². The Hall–Kier alpha value is -4.10. The normalized spacial score (nSPS) is 10.6. The molecule has 0 unspecified atom stereocenters. The predicted molar refractivity (Wildman–Crippen MR) is 130 cm³/mol. The van der Waals surface area contributed by atoms with Gasteiger partial charge in [0.15, 0.2) is 0 Å². The summed E-state index contributed by atoms with van der Waals surface area (Å²) in [6, 6.07) is 22.2. The van der Waals surface area contributed by atoms with E-state index in [2.05, 4.69) is 10.6 Å². The van der Waals surface area contributed by atoms with Gasteiger partial charge in [-0.3, -0.25) is 19.1 Å². The second-order valence-electron chi connectivity index (χ2n) is 7.44. The van der Waals surface area contributed by atoms with Crippen molar-refractivity contribution in [1.29, 1.82) is 0 Å². The summed E-state index contributed by atoms with van der Waals surface area (Å²) in [4.78, 5) is 38.4. The molecule has 0 aliphatic rings. The Morgan fingerprint density at radius 3 is 2.15 bits per heavy atom. The van der Waals surface area contributed by atoms with Gasteiger partial charge in [0.2, 0.25) is 0 Å². The molecule has 1 heterocycles. The van der Waals surface area contributed by atoms with Crippen LogP contribution in [-0.2, 0) is 7.05 Å². The quantitative estimate of drug-likeness (QED) is 0.455. The summed E-state index contributed by atoms with van der Waals surface area (Å²) in [6.07, 6.45) is 0. The number of hydrogen-bond donors (Lipinski definition) is 2. The van der Waals surface area contributed by atoms with E-state index in [1.54, 1.807) is 67.2 Å². The first-order valence-corrected chi connectivity index (χ1v) is 10.6. The fraction of sp³-hybridized carbons (Fsp3) is 0.0800. The van der Waals surface area contributed by atoms with Crippen LogP contribution in [0.15, 0.2) is 83.7 Å². The van der Waals surface area contributed by atoms with E-state index in [9.17, 15) is 14.4 Å². The SMILES string of the molecule is Cc1c(NC(=O)c2cccc(NC(=O)c3cccc(Cl)c3)c2)c(=O)n(-c2ccccc2)n1C. The lowest BCUT2D eigenvalue weighted by atomic mass is 10.1. The molecule has 33 heavy (non-hydrogen) atoms. The third kappa shape index (κ3) is 4.58. The Morgan fingerprint density at radius 1 is 0.818 bits per heavy atom. The minimum absolute atomic E-state index is 0.194. The minimum Gasteiger partial charge on any atom is -0.322 e. The van der Waals surface area contributed by atoms with Crippen molar-refractivity contribution in [2.45, 2.75) is 6.92 Å². The molecule has 166 valence electrons. The largest absolute Gasteiger partial charge is 0.322 e. The monoisotopic (exact) mass is 460 g/mol. The molecule has 0 aliphatic heterocycles. The van der Waals surface area contributed by atoms with Crippen molar-refractivity contribution in [3.63, 3.8) is 0 Å². The molecule has 3 aromatic carbocycles. The van der Waals surface area contributed by atoms with Gasteiger partial charge in [-0.25, -0.2) is 4.68 Å². The van der Waals surface area contributed by atoms with Gasteiger partial charge in [0, 0.05) is 28.9 Å². The summed E-state index contributed by atoms with van der Waals surface area (Å²) in [7, 11) is 1.76. The number of carbonyl (C=O) groups is 2. The third-order valence-electron chi connectivity index (χ3n) is 5.26. The zero-order valence-corrected chi connectivity index (χ0v) is 18.8. The second-order valence-corrected chi connectivity index (χ2v) is 7.87. The van der Waals surface area contributed by atoms with Crippen LogP contribution >= 0.6 is 11.6 Å². The Morgan fingerprint density at radius 2 is 1.45 bits per heavy atom.